The second-order valence-electron chi connectivity index (χ2n) is 8.03. The van der Waals surface area contributed by atoms with E-state index in [-0.39, 0.29) is 23.0 Å². The molecular formula is C26H20N6OS. The molecule has 0 saturated heterocycles. The molecule has 0 fully saturated rings. The molecule has 0 aliphatic rings. The van der Waals surface area contributed by atoms with Gasteiger partial charge in [0.15, 0.2) is 0 Å². The first-order chi connectivity index (χ1) is 16.4. The minimum atomic E-state index is -0.358. The monoisotopic (exact) mass is 464 g/mol. The second-order valence-corrected chi connectivity index (χ2v) is 9.03. The van der Waals surface area contributed by atoms with Crippen LogP contribution in [0.15, 0.2) is 54.6 Å². The van der Waals surface area contributed by atoms with E-state index < -0.39 is 0 Å². The molecule has 2 aromatic carbocycles. The molecule has 0 aliphatic carbocycles. The van der Waals surface area contributed by atoms with Gasteiger partial charge in [-0.25, -0.2) is 4.98 Å². The molecular weight excluding hydrogens is 444 g/mol. The molecule has 34 heavy (non-hydrogen) atoms. The summed E-state index contributed by atoms with van der Waals surface area (Å²) in [4.78, 5) is 23.1. The number of rotatable bonds is 3. The lowest BCUT2D eigenvalue weighted by molar-refractivity contribution is 0.103. The zero-order chi connectivity index (χ0) is 24.0. The number of fused-ring (bicyclic) bond motifs is 2. The molecule has 166 valence electrons. The molecule has 3 heterocycles. The molecule has 5 rings (SSSR count). The fourth-order valence-electron chi connectivity index (χ4n) is 4.05. The molecule has 0 spiro atoms. The summed E-state index contributed by atoms with van der Waals surface area (Å²) >= 11 is 1.15. The quantitative estimate of drug-likeness (QED) is 0.327. The Kier molecular flexibility index (Phi) is 5.11. The van der Waals surface area contributed by atoms with Crippen molar-refractivity contribution in [3.05, 3.63) is 76.3 Å². The van der Waals surface area contributed by atoms with E-state index in [0.29, 0.717) is 26.3 Å². The molecule has 0 atom stereocenters. The molecule has 8 heteroatoms. The lowest BCUT2D eigenvalue weighted by atomic mass is 9.96. The third-order valence-corrected chi connectivity index (χ3v) is 6.75. The number of carbonyl (C=O) groups excluding carboxylic acids is 1. The number of carbonyl (C=O) groups is 1. The van der Waals surface area contributed by atoms with E-state index in [4.69, 9.17) is 11.5 Å². The average molecular weight is 465 g/mol. The number of nitrogens with zero attached hydrogens (tertiary/aromatic N) is 3. The van der Waals surface area contributed by atoms with Crippen LogP contribution >= 0.6 is 11.3 Å². The van der Waals surface area contributed by atoms with Gasteiger partial charge in [0.25, 0.3) is 5.91 Å². The Morgan fingerprint density at radius 3 is 2.53 bits per heavy atom. The van der Waals surface area contributed by atoms with Crippen LogP contribution < -0.4 is 16.8 Å². The highest BCUT2D eigenvalue weighted by atomic mass is 32.1. The molecule has 0 saturated carbocycles. The van der Waals surface area contributed by atoms with Gasteiger partial charge in [0.2, 0.25) is 0 Å². The van der Waals surface area contributed by atoms with Gasteiger partial charge in [-0.2, -0.15) is 5.26 Å². The normalized spacial score (nSPS) is 11.0. The SMILES string of the molecule is Cc1ccc(-c2c(C#N)c(N)nc3sc(C(=O)Nc4cc(C)nc5ccccc45)c(N)c23)cc1. The highest BCUT2D eigenvalue weighted by molar-refractivity contribution is 7.21. The molecule has 0 bridgehead atoms. The Morgan fingerprint density at radius 1 is 1.06 bits per heavy atom. The summed E-state index contributed by atoms with van der Waals surface area (Å²) in [6.45, 7) is 3.86. The maximum atomic E-state index is 13.4. The number of aryl methyl sites for hydroxylation is 2. The summed E-state index contributed by atoms with van der Waals surface area (Å²) in [5.41, 5.74) is 17.8. The summed E-state index contributed by atoms with van der Waals surface area (Å²) < 4.78 is 0. The maximum absolute atomic E-state index is 13.4. The Labute approximate surface area is 199 Å². The Bertz CT molecular complexity index is 1650. The predicted molar refractivity (Wildman–Crippen MR) is 138 cm³/mol. The van der Waals surface area contributed by atoms with Gasteiger partial charge >= 0.3 is 0 Å². The smallest absolute Gasteiger partial charge is 0.267 e. The number of anilines is 3. The topological polar surface area (TPSA) is 131 Å². The van der Waals surface area contributed by atoms with Crippen molar-refractivity contribution >= 4 is 55.6 Å². The first kappa shape index (κ1) is 21.4. The number of nitrogen functional groups attached to an aromatic ring is 2. The zero-order valence-corrected chi connectivity index (χ0v) is 19.3. The standard InChI is InChI=1S/C26H20N6OS/c1-13-7-9-15(10-8-13)20-17(12-27)24(29)32-26-21(20)22(28)23(34-26)25(33)31-19-11-14(2)30-18-6-4-3-5-16(18)19/h3-11H,28H2,1-2H3,(H2,29,32)(H,30,31,33). The highest BCUT2D eigenvalue weighted by Gasteiger charge is 2.24. The number of thiophene rings is 1. The zero-order valence-electron chi connectivity index (χ0n) is 18.5. The Morgan fingerprint density at radius 2 is 1.79 bits per heavy atom. The van der Waals surface area contributed by atoms with E-state index in [2.05, 4.69) is 21.4 Å². The van der Waals surface area contributed by atoms with Crippen molar-refractivity contribution in [1.82, 2.24) is 9.97 Å². The number of aromatic nitrogens is 2. The Balaban J connectivity index is 1.67. The maximum Gasteiger partial charge on any atom is 0.267 e. The molecule has 0 unspecified atom stereocenters. The first-order valence-corrected chi connectivity index (χ1v) is 11.4. The number of para-hydroxylation sites is 1. The number of nitrogens with one attached hydrogen (secondary N) is 1. The van der Waals surface area contributed by atoms with Crippen molar-refractivity contribution in [1.29, 1.82) is 5.26 Å². The van der Waals surface area contributed by atoms with Crippen LogP contribution in [0, 0.1) is 25.2 Å². The first-order valence-electron chi connectivity index (χ1n) is 10.5. The van der Waals surface area contributed by atoms with E-state index in [1.54, 1.807) is 0 Å². The summed E-state index contributed by atoms with van der Waals surface area (Å²) in [6.07, 6.45) is 0. The van der Waals surface area contributed by atoms with Crippen molar-refractivity contribution in [2.45, 2.75) is 13.8 Å². The second kappa shape index (κ2) is 8.14. The van der Waals surface area contributed by atoms with Gasteiger partial charge in [-0.1, -0.05) is 48.0 Å². The number of hydrogen-bond donors (Lipinski definition) is 3. The van der Waals surface area contributed by atoms with Crippen LogP contribution in [0.3, 0.4) is 0 Å². The van der Waals surface area contributed by atoms with Crippen LogP contribution in [0.2, 0.25) is 0 Å². The molecule has 5 N–H and O–H groups in total. The van der Waals surface area contributed by atoms with Crippen molar-refractivity contribution < 1.29 is 4.79 Å². The molecule has 1 amide bonds. The highest BCUT2D eigenvalue weighted by Crippen LogP contribution is 2.43. The van der Waals surface area contributed by atoms with E-state index in [0.717, 1.165) is 39.1 Å². The minimum Gasteiger partial charge on any atom is -0.397 e. The van der Waals surface area contributed by atoms with E-state index in [1.807, 2.05) is 68.4 Å². The van der Waals surface area contributed by atoms with E-state index in [1.165, 1.54) is 0 Å². The number of nitriles is 1. The third-order valence-electron chi connectivity index (χ3n) is 5.66. The summed E-state index contributed by atoms with van der Waals surface area (Å²) in [7, 11) is 0. The van der Waals surface area contributed by atoms with E-state index >= 15 is 0 Å². The van der Waals surface area contributed by atoms with Crippen LogP contribution in [0.4, 0.5) is 17.2 Å². The van der Waals surface area contributed by atoms with E-state index in [9.17, 15) is 10.1 Å². The van der Waals surface area contributed by atoms with Gasteiger partial charge in [0, 0.05) is 22.0 Å². The Hall–Kier alpha value is -4.48. The third kappa shape index (κ3) is 3.49. The van der Waals surface area contributed by atoms with Gasteiger partial charge in [-0.15, -0.1) is 11.3 Å². The molecule has 5 aromatic rings. The van der Waals surface area contributed by atoms with Crippen LogP contribution in [-0.4, -0.2) is 15.9 Å². The van der Waals surface area contributed by atoms with Crippen molar-refractivity contribution in [3.8, 4) is 17.2 Å². The summed E-state index contributed by atoms with van der Waals surface area (Å²) in [6, 6.07) is 19.3. The summed E-state index contributed by atoms with van der Waals surface area (Å²) in [5.74, 6) is -0.252. The summed E-state index contributed by atoms with van der Waals surface area (Å²) in [5, 5.41) is 14.2. The van der Waals surface area contributed by atoms with Crippen molar-refractivity contribution in [2.24, 2.45) is 0 Å². The number of benzene rings is 2. The fourth-order valence-corrected chi connectivity index (χ4v) is 5.06. The molecule has 7 nitrogen and oxygen atoms in total. The van der Waals surface area contributed by atoms with Gasteiger partial charge in [-0.3, -0.25) is 9.78 Å². The predicted octanol–water partition coefficient (Wildman–Crippen LogP) is 5.42. The number of pyridine rings is 2. The van der Waals surface area contributed by atoms with Gasteiger partial charge in [0.1, 0.15) is 27.2 Å². The molecule has 0 aliphatic heterocycles. The number of amides is 1. The van der Waals surface area contributed by atoms with Crippen molar-refractivity contribution in [2.75, 3.05) is 16.8 Å². The fraction of sp³-hybridized carbons (Fsp3) is 0.0769. The lowest BCUT2D eigenvalue weighted by Crippen LogP contribution is -2.12. The molecule has 0 radical (unpaired) electrons. The number of hydrogen-bond acceptors (Lipinski definition) is 7. The average Bonchev–Trinajstić information content (AvgIpc) is 3.14. The van der Waals surface area contributed by atoms with Crippen LogP contribution in [0.1, 0.15) is 26.5 Å². The lowest BCUT2D eigenvalue weighted by Gasteiger charge is -2.10. The van der Waals surface area contributed by atoms with Crippen LogP contribution in [0.5, 0.6) is 0 Å². The van der Waals surface area contributed by atoms with Crippen LogP contribution in [0.25, 0.3) is 32.2 Å². The van der Waals surface area contributed by atoms with Gasteiger partial charge in [-0.05, 0) is 31.5 Å². The van der Waals surface area contributed by atoms with Crippen molar-refractivity contribution in [3.63, 3.8) is 0 Å². The minimum absolute atomic E-state index is 0.106. The van der Waals surface area contributed by atoms with Gasteiger partial charge < -0.3 is 16.8 Å². The van der Waals surface area contributed by atoms with Gasteiger partial charge in [0.05, 0.1) is 16.9 Å². The largest absolute Gasteiger partial charge is 0.397 e. The number of nitrogens with two attached hydrogens (primary N) is 2. The van der Waals surface area contributed by atoms with Crippen LogP contribution in [-0.2, 0) is 0 Å². The molecule has 3 aromatic heterocycles.